The summed E-state index contributed by atoms with van der Waals surface area (Å²) in [4.78, 5) is 3.45. The Kier molecular flexibility index (Phi) is 16.1. The Morgan fingerprint density at radius 1 is 0.632 bits per heavy atom. The number of rotatable bonds is 19. The van der Waals surface area contributed by atoms with Gasteiger partial charge in [0.15, 0.2) is 0 Å². The van der Waals surface area contributed by atoms with E-state index in [9.17, 15) is 5.53 Å². The molecular weight excluding hydrogens is 460 g/mol. The fourth-order valence-corrected chi connectivity index (χ4v) is 5.19. The van der Waals surface area contributed by atoms with Crippen molar-refractivity contribution >= 4 is 11.4 Å². The lowest BCUT2D eigenvalue weighted by atomic mass is 9.84. The predicted octanol–water partition coefficient (Wildman–Crippen LogP) is 10.9. The number of allylic oxidation sites excluding steroid dienone is 2. The summed E-state index contributed by atoms with van der Waals surface area (Å²) in [5, 5.41) is 0. The predicted molar refractivity (Wildman–Crippen MR) is 166 cm³/mol. The van der Waals surface area contributed by atoms with E-state index < -0.39 is 0 Å². The van der Waals surface area contributed by atoms with Crippen LogP contribution in [0.15, 0.2) is 59.7 Å². The second kappa shape index (κ2) is 19.4. The van der Waals surface area contributed by atoms with Gasteiger partial charge in [-0.3, -0.25) is 0 Å². The van der Waals surface area contributed by atoms with Gasteiger partial charge in [0.2, 0.25) is 0 Å². The Morgan fingerprint density at radius 3 is 1.92 bits per heavy atom. The molecule has 0 aliphatic carbocycles. The number of hydrogen-bond donors (Lipinski definition) is 0. The zero-order valence-electron chi connectivity index (χ0n) is 24.8. The first-order valence-corrected chi connectivity index (χ1v) is 15.6. The van der Waals surface area contributed by atoms with E-state index in [2.05, 4.69) is 86.9 Å². The highest BCUT2D eigenvalue weighted by atomic mass is 14.8. The summed E-state index contributed by atoms with van der Waals surface area (Å²) in [6, 6.07) is 18.4. The average molecular weight is 513 g/mol. The second-order valence-electron chi connectivity index (χ2n) is 10.8. The van der Waals surface area contributed by atoms with Crippen molar-refractivity contribution in [2.75, 3.05) is 0 Å². The van der Waals surface area contributed by atoms with E-state index >= 15 is 0 Å². The Labute approximate surface area is 233 Å². The third-order valence-corrected chi connectivity index (χ3v) is 7.51. The molecule has 0 bridgehead atoms. The van der Waals surface area contributed by atoms with E-state index in [4.69, 9.17) is 0 Å². The molecule has 0 radical (unpaired) electrons. The maximum atomic E-state index is 9.64. The summed E-state index contributed by atoms with van der Waals surface area (Å²) in [6.45, 7) is 9.02. The van der Waals surface area contributed by atoms with Gasteiger partial charge in [-0.05, 0) is 84.8 Å². The highest BCUT2D eigenvalue weighted by Gasteiger charge is 2.18. The highest BCUT2D eigenvalue weighted by molar-refractivity contribution is 5.87. The number of unbranched alkanes of at least 4 members (excludes halogenated alkanes) is 8. The molecule has 0 unspecified atom stereocenters. The standard InChI is InChI=1S/C36H52N2/c1-5-9-13-14-15-16-21-34(29-38-37)35(23-12-8-4)36(32-26-24-30(25-27-32)18-10-6-2)33-22-17-20-31(28-33)19-11-7-3/h17,20,22,24-28H,5-16,18-19,21,23H2,1-4H3. The Bertz CT molecular complexity index is 1050. The summed E-state index contributed by atoms with van der Waals surface area (Å²) < 4.78 is 0. The van der Waals surface area contributed by atoms with Crippen molar-refractivity contribution in [1.29, 1.82) is 0 Å². The molecule has 0 heterocycles. The van der Waals surface area contributed by atoms with Gasteiger partial charge in [0.1, 0.15) is 0 Å². The molecule has 38 heavy (non-hydrogen) atoms. The van der Waals surface area contributed by atoms with E-state index in [-0.39, 0.29) is 0 Å². The number of hydrogen-bond acceptors (Lipinski definition) is 0. The third kappa shape index (κ3) is 11.0. The first-order chi connectivity index (χ1) is 18.7. The molecule has 0 N–H and O–H groups in total. The fraction of sp³-hybridized carbons (Fsp3) is 0.556. The summed E-state index contributed by atoms with van der Waals surface area (Å²) in [7, 11) is 0. The molecule has 2 nitrogen and oxygen atoms in total. The van der Waals surface area contributed by atoms with Crippen LogP contribution in [0.3, 0.4) is 0 Å². The van der Waals surface area contributed by atoms with Crippen LogP contribution in [-0.2, 0) is 12.8 Å². The van der Waals surface area contributed by atoms with Crippen molar-refractivity contribution in [3.63, 3.8) is 0 Å². The maximum absolute atomic E-state index is 9.64. The summed E-state index contributed by atoms with van der Waals surface area (Å²) in [5.74, 6) is 3.04. The molecule has 2 rings (SSSR count). The van der Waals surface area contributed by atoms with E-state index in [0.717, 1.165) is 50.5 Å². The average Bonchev–Trinajstić information content (AvgIpc) is 2.95. The number of nitrogens with zero attached hydrogens (tertiary/aromatic N) is 2. The normalized spacial score (nSPS) is 11.6. The van der Waals surface area contributed by atoms with Crippen LogP contribution in [0, 0.1) is 0 Å². The molecule has 2 aromatic carbocycles. The van der Waals surface area contributed by atoms with E-state index in [1.807, 2.05) is 0 Å². The van der Waals surface area contributed by atoms with Crippen LogP contribution in [-0.4, -0.2) is 10.7 Å². The molecule has 0 fully saturated rings. The van der Waals surface area contributed by atoms with Gasteiger partial charge in [-0.15, -0.1) is 4.79 Å². The van der Waals surface area contributed by atoms with E-state index in [1.54, 1.807) is 0 Å². The quantitative estimate of drug-likeness (QED) is 0.0590. The molecular formula is C36H52N2. The minimum atomic E-state index is 0.906. The van der Waals surface area contributed by atoms with Crippen LogP contribution in [0.5, 0.6) is 0 Å². The molecule has 0 amide bonds. The lowest BCUT2D eigenvalue weighted by Gasteiger charge is -2.18. The maximum Gasteiger partial charge on any atom is 0.303 e. The topological polar surface area (TPSA) is 36.4 Å². The van der Waals surface area contributed by atoms with Crippen LogP contribution in [0.4, 0.5) is 0 Å². The highest BCUT2D eigenvalue weighted by Crippen LogP contribution is 2.35. The number of aryl methyl sites for hydroxylation is 2. The van der Waals surface area contributed by atoms with E-state index in [0.29, 0.717) is 0 Å². The van der Waals surface area contributed by atoms with Gasteiger partial charge < -0.3 is 5.53 Å². The lowest BCUT2D eigenvalue weighted by Crippen LogP contribution is -2.02. The molecule has 2 heteroatoms. The molecule has 0 saturated carbocycles. The van der Waals surface area contributed by atoms with Gasteiger partial charge in [0.25, 0.3) is 0 Å². The zero-order chi connectivity index (χ0) is 27.4. The molecule has 0 saturated heterocycles. The largest absolute Gasteiger partial charge is 0.348 e. The first kappa shape index (κ1) is 31.6. The lowest BCUT2D eigenvalue weighted by molar-refractivity contribution is 0.00739. The number of benzene rings is 2. The Morgan fingerprint density at radius 2 is 1.26 bits per heavy atom. The van der Waals surface area contributed by atoms with Crippen molar-refractivity contribution < 1.29 is 4.79 Å². The second-order valence-corrected chi connectivity index (χ2v) is 10.8. The molecule has 0 aromatic heterocycles. The van der Waals surface area contributed by atoms with E-state index in [1.165, 1.54) is 91.2 Å². The van der Waals surface area contributed by atoms with Crippen LogP contribution in [0.2, 0.25) is 0 Å². The molecule has 2 aromatic rings. The van der Waals surface area contributed by atoms with Crippen LogP contribution in [0.25, 0.3) is 11.1 Å². The van der Waals surface area contributed by atoms with Crippen molar-refractivity contribution in [1.82, 2.24) is 0 Å². The zero-order valence-corrected chi connectivity index (χ0v) is 24.8. The van der Waals surface area contributed by atoms with Crippen LogP contribution < -0.4 is 0 Å². The van der Waals surface area contributed by atoms with Crippen LogP contribution in [0.1, 0.15) is 140 Å². The molecule has 0 spiro atoms. The minimum absolute atomic E-state index is 0.906. The van der Waals surface area contributed by atoms with Gasteiger partial charge in [0.05, 0.1) is 5.57 Å². The third-order valence-electron chi connectivity index (χ3n) is 7.51. The van der Waals surface area contributed by atoms with Gasteiger partial charge in [-0.25, -0.2) is 0 Å². The van der Waals surface area contributed by atoms with Crippen molar-refractivity contribution in [2.45, 2.75) is 130 Å². The summed E-state index contributed by atoms with van der Waals surface area (Å²) in [6.07, 6.45) is 18.7. The smallest absolute Gasteiger partial charge is 0.303 e. The van der Waals surface area contributed by atoms with Crippen molar-refractivity contribution in [3.8, 4) is 0 Å². The van der Waals surface area contributed by atoms with Gasteiger partial charge in [0, 0.05) is 0 Å². The van der Waals surface area contributed by atoms with Crippen molar-refractivity contribution in [2.24, 2.45) is 0 Å². The minimum Gasteiger partial charge on any atom is -0.348 e. The van der Waals surface area contributed by atoms with Gasteiger partial charge in [-0.1, -0.05) is 128 Å². The van der Waals surface area contributed by atoms with Crippen molar-refractivity contribution in [3.05, 3.63) is 87.5 Å². The Hall–Kier alpha value is -2.66. The molecule has 206 valence electrons. The summed E-state index contributed by atoms with van der Waals surface area (Å²) in [5.41, 5.74) is 18.6. The SMILES string of the molecule is CCCCCCCCC(=C=[N+]=[N-])C(CCCC)=C(c1ccc(CCCC)cc1)c1cccc(CCCC)c1. The van der Waals surface area contributed by atoms with Crippen LogP contribution >= 0.6 is 0 Å². The monoisotopic (exact) mass is 512 g/mol. The van der Waals surface area contributed by atoms with Gasteiger partial charge >= 0.3 is 5.87 Å². The molecule has 0 aliphatic rings. The Balaban J connectivity index is 2.59. The molecule has 0 atom stereocenters. The first-order valence-electron chi connectivity index (χ1n) is 15.6. The summed E-state index contributed by atoms with van der Waals surface area (Å²) >= 11 is 0. The fourth-order valence-electron chi connectivity index (χ4n) is 5.19. The van der Waals surface area contributed by atoms with Gasteiger partial charge in [-0.2, -0.15) is 0 Å². The molecule has 0 aliphatic heterocycles.